The van der Waals surface area contributed by atoms with Crippen LogP contribution in [0.15, 0.2) is 48.5 Å². The molecule has 2 aliphatic rings. The van der Waals surface area contributed by atoms with Gasteiger partial charge < -0.3 is 20.1 Å². The van der Waals surface area contributed by atoms with E-state index in [1.807, 2.05) is 31.2 Å². The Bertz CT molecular complexity index is 991. The van der Waals surface area contributed by atoms with Crippen LogP contribution in [0.2, 0.25) is 0 Å². The first-order valence-electron chi connectivity index (χ1n) is 11.6. The van der Waals surface area contributed by atoms with Crippen LogP contribution in [0.25, 0.3) is 11.1 Å². The highest BCUT2D eigenvalue weighted by Crippen LogP contribution is 2.44. The minimum atomic E-state index is -0.885. The molecule has 1 heterocycles. The second-order valence-electron chi connectivity index (χ2n) is 8.87. The first kappa shape index (κ1) is 22.8. The van der Waals surface area contributed by atoms with Gasteiger partial charge in [-0.2, -0.15) is 0 Å². The zero-order valence-electron chi connectivity index (χ0n) is 18.8. The molecule has 0 radical (unpaired) electrons. The third kappa shape index (κ3) is 5.02. The maximum absolute atomic E-state index is 12.7. The number of benzene rings is 2. The number of ether oxygens (including phenoxy) is 1. The standard InChI is InChI=1S/C26H30N2O5/c1-17(25(31)28-14-6-7-18(28)15-24(29)30)12-13-27-26(32)33-16-23-21-10-4-2-8-19(21)20-9-3-5-11-22(20)23/h2-5,8-11,17-18,23H,6-7,12-16H2,1H3,(H,27,32)(H,29,30). The van der Waals surface area contributed by atoms with Gasteiger partial charge in [0.15, 0.2) is 0 Å². The molecule has 1 aliphatic heterocycles. The third-order valence-corrected chi connectivity index (χ3v) is 6.68. The Morgan fingerprint density at radius 3 is 2.36 bits per heavy atom. The summed E-state index contributed by atoms with van der Waals surface area (Å²) < 4.78 is 5.53. The van der Waals surface area contributed by atoms with E-state index in [1.54, 1.807) is 4.90 Å². The predicted molar refractivity (Wildman–Crippen MR) is 124 cm³/mol. The van der Waals surface area contributed by atoms with Crippen molar-refractivity contribution in [1.82, 2.24) is 10.2 Å². The van der Waals surface area contributed by atoms with E-state index in [1.165, 1.54) is 11.1 Å². The number of aliphatic carboxylic acids is 1. The van der Waals surface area contributed by atoms with Gasteiger partial charge in [0.2, 0.25) is 5.91 Å². The molecule has 2 atom stereocenters. The van der Waals surface area contributed by atoms with Crippen molar-refractivity contribution < 1.29 is 24.2 Å². The predicted octanol–water partition coefficient (Wildman–Crippen LogP) is 4.02. The quantitative estimate of drug-likeness (QED) is 0.633. The van der Waals surface area contributed by atoms with Gasteiger partial charge in [-0.3, -0.25) is 9.59 Å². The molecule has 2 amide bonds. The molecule has 2 unspecified atom stereocenters. The topological polar surface area (TPSA) is 95.9 Å². The molecular weight excluding hydrogens is 420 g/mol. The number of likely N-dealkylation sites (tertiary alicyclic amines) is 1. The van der Waals surface area contributed by atoms with Gasteiger partial charge in [-0.1, -0.05) is 55.5 Å². The first-order chi connectivity index (χ1) is 16.0. The Balaban J connectivity index is 1.25. The molecule has 0 aromatic heterocycles. The van der Waals surface area contributed by atoms with Gasteiger partial charge in [-0.05, 0) is 41.5 Å². The Labute approximate surface area is 193 Å². The fraction of sp³-hybridized carbons (Fsp3) is 0.423. The van der Waals surface area contributed by atoms with Crippen molar-refractivity contribution in [1.29, 1.82) is 0 Å². The van der Waals surface area contributed by atoms with Crippen LogP contribution in [-0.2, 0) is 14.3 Å². The maximum atomic E-state index is 12.7. The summed E-state index contributed by atoms with van der Waals surface area (Å²) in [5, 5.41) is 11.8. The Hall–Kier alpha value is -3.35. The van der Waals surface area contributed by atoms with E-state index in [2.05, 4.69) is 29.6 Å². The van der Waals surface area contributed by atoms with Crippen LogP contribution in [0.4, 0.5) is 4.79 Å². The molecule has 174 valence electrons. The lowest BCUT2D eigenvalue weighted by Crippen LogP contribution is -2.40. The van der Waals surface area contributed by atoms with Crippen LogP contribution in [0.5, 0.6) is 0 Å². The third-order valence-electron chi connectivity index (χ3n) is 6.68. The van der Waals surface area contributed by atoms with Gasteiger partial charge in [-0.25, -0.2) is 4.79 Å². The molecule has 33 heavy (non-hydrogen) atoms. The molecular formula is C26H30N2O5. The SMILES string of the molecule is CC(CCNC(=O)OCC1c2ccccc2-c2ccccc21)C(=O)N1CCCC1CC(=O)O. The molecule has 2 N–H and O–H groups in total. The summed E-state index contributed by atoms with van der Waals surface area (Å²) in [6.45, 7) is 2.98. The summed E-state index contributed by atoms with van der Waals surface area (Å²) in [7, 11) is 0. The van der Waals surface area contributed by atoms with Crippen molar-refractivity contribution >= 4 is 18.0 Å². The number of carbonyl (C=O) groups excluding carboxylic acids is 2. The summed E-state index contributed by atoms with van der Waals surface area (Å²) in [4.78, 5) is 37.8. The second-order valence-corrected chi connectivity index (χ2v) is 8.87. The van der Waals surface area contributed by atoms with E-state index in [0.29, 0.717) is 19.5 Å². The number of amides is 2. The first-order valence-corrected chi connectivity index (χ1v) is 11.6. The molecule has 0 bridgehead atoms. The number of carboxylic acids is 1. The molecule has 1 fully saturated rings. The summed E-state index contributed by atoms with van der Waals surface area (Å²) >= 11 is 0. The van der Waals surface area contributed by atoms with Crippen LogP contribution in [0.3, 0.4) is 0 Å². The fourth-order valence-corrected chi connectivity index (χ4v) is 4.99. The van der Waals surface area contributed by atoms with Crippen molar-refractivity contribution in [3.05, 3.63) is 59.7 Å². The van der Waals surface area contributed by atoms with E-state index in [9.17, 15) is 14.4 Å². The van der Waals surface area contributed by atoms with Crippen LogP contribution in [0.1, 0.15) is 49.7 Å². The monoisotopic (exact) mass is 450 g/mol. The van der Waals surface area contributed by atoms with Gasteiger partial charge in [0.1, 0.15) is 6.61 Å². The lowest BCUT2D eigenvalue weighted by Gasteiger charge is -2.26. The molecule has 1 aliphatic carbocycles. The number of alkyl carbamates (subject to hydrolysis) is 1. The normalized spacial score (nSPS) is 17.8. The maximum Gasteiger partial charge on any atom is 0.407 e. The van der Waals surface area contributed by atoms with Gasteiger partial charge in [-0.15, -0.1) is 0 Å². The van der Waals surface area contributed by atoms with Gasteiger partial charge in [0.05, 0.1) is 6.42 Å². The lowest BCUT2D eigenvalue weighted by atomic mass is 9.98. The number of fused-ring (bicyclic) bond motifs is 3. The molecule has 4 rings (SSSR count). The van der Waals surface area contributed by atoms with Gasteiger partial charge >= 0.3 is 12.1 Å². The Kier molecular flexibility index (Phi) is 6.96. The number of carbonyl (C=O) groups is 3. The Morgan fingerprint density at radius 1 is 1.09 bits per heavy atom. The minimum absolute atomic E-state index is 0.00462. The smallest absolute Gasteiger partial charge is 0.407 e. The van der Waals surface area contributed by atoms with Crippen LogP contribution >= 0.6 is 0 Å². The number of hydrogen-bond acceptors (Lipinski definition) is 4. The van der Waals surface area contributed by atoms with E-state index in [4.69, 9.17) is 9.84 Å². The summed E-state index contributed by atoms with van der Waals surface area (Å²) in [5.41, 5.74) is 4.68. The molecule has 7 heteroatoms. The Morgan fingerprint density at radius 2 is 1.73 bits per heavy atom. The highest BCUT2D eigenvalue weighted by Gasteiger charge is 2.33. The number of carboxylic acid groups (broad SMARTS) is 1. The van der Waals surface area contributed by atoms with E-state index < -0.39 is 12.1 Å². The molecule has 2 aromatic carbocycles. The summed E-state index contributed by atoms with van der Waals surface area (Å²) in [6, 6.07) is 16.1. The highest BCUT2D eigenvalue weighted by molar-refractivity contribution is 5.80. The van der Waals surface area contributed by atoms with Crippen molar-refractivity contribution in [3.8, 4) is 11.1 Å². The van der Waals surface area contributed by atoms with Crippen molar-refractivity contribution in [2.45, 2.75) is 44.6 Å². The molecule has 0 saturated carbocycles. The van der Waals surface area contributed by atoms with Crippen molar-refractivity contribution in [2.75, 3.05) is 19.7 Å². The number of nitrogens with one attached hydrogen (secondary N) is 1. The van der Waals surface area contributed by atoms with Crippen LogP contribution in [0, 0.1) is 5.92 Å². The molecule has 1 saturated heterocycles. The largest absolute Gasteiger partial charge is 0.481 e. The minimum Gasteiger partial charge on any atom is -0.481 e. The summed E-state index contributed by atoms with van der Waals surface area (Å²) in [6.07, 6.45) is 1.51. The van der Waals surface area contributed by atoms with E-state index in [0.717, 1.165) is 24.0 Å². The van der Waals surface area contributed by atoms with Gasteiger partial charge in [0.25, 0.3) is 0 Å². The van der Waals surface area contributed by atoms with E-state index >= 15 is 0 Å². The number of rotatable bonds is 8. The molecule has 0 spiro atoms. The zero-order valence-corrected chi connectivity index (χ0v) is 18.8. The number of hydrogen-bond donors (Lipinski definition) is 2. The molecule has 7 nitrogen and oxygen atoms in total. The summed E-state index contributed by atoms with van der Waals surface area (Å²) in [5.74, 6) is -1.23. The van der Waals surface area contributed by atoms with Crippen molar-refractivity contribution in [2.24, 2.45) is 5.92 Å². The van der Waals surface area contributed by atoms with E-state index in [-0.39, 0.29) is 36.8 Å². The van der Waals surface area contributed by atoms with Gasteiger partial charge in [0, 0.05) is 31.0 Å². The van der Waals surface area contributed by atoms with Crippen LogP contribution in [-0.4, -0.2) is 53.7 Å². The zero-order chi connectivity index (χ0) is 23.4. The lowest BCUT2D eigenvalue weighted by molar-refractivity contribution is -0.141. The number of nitrogens with zero attached hydrogens (tertiary/aromatic N) is 1. The molecule has 2 aromatic rings. The van der Waals surface area contributed by atoms with Crippen LogP contribution < -0.4 is 5.32 Å². The fourth-order valence-electron chi connectivity index (χ4n) is 4.99. The second kappa shape index (κ2) is 10.1. The highest BCUT2D eigenvalue weighted by atomic mass is 16.5. The van der Waals surface area contributed by atoms with Crippen molar-refractivity contribution in [3.63, 3.8) is 0 Å². The average molecular weight is 451 g/mol. The average Bonchev–Trinajstić information content (AvgIpc) is 3.39.